The topological polar surface area (TPSA) is 23.0 Å². The average molecular weight is 575 g/mol. The molecule has 0 aliphatic heterocycles. The summed E-state index contributed by atoms with van der Waals surface area (Å²) in [5, 5.41) is 7.19. The lowest BCUT2D eigenvalue weighted by Gasteiger charge is -2.14. The van der Waals surface area contributed by atoms with E-state index >= 15 is 0 Å². The van der Waals surface area contributed by atoms with Gasteiger partial charge >= 0.3 is 0 Å². The summed E-state index contributed by atoms with van der Waals surface area (Å²) in [6.07, 6.45) is 0. The highest BCUT2D eigenvalue weighted by molar-refractivity contribution is 6.24. The van der Waals surface area contributed by atoms with Crippen LogP contribution in [0, 0.1) is 0 Å². The van der Waals surface area contributed by atoms with E-state index in [2.05, 4.69) is 161 Å². The van der Waals surface area contributed by atoms with Crippen LogP contribution >= 0.6 is 0 Å². The van der Waals surface area contributed by atoms with Crippen molar-refractivity contribution in [1.82, 2.24) is 9.13 Å². The smallest absolute Gasteiger partial charge is 0.137 e. The van der Waals surface area contributed by atoms with E-state index in [4.69, 9.17) is 4.42 Å². The van der Waals surface area contributed by atoms with E-state index in [1.54, 1.807) is 0 Å². The Balaban J connectivity index is 1.38. The van der Waals surface area contributed by atoms with Crippen molar-refractivity contribution in [3.8, 4) is 22.5 Å². The maximum Gasteiger partial charge on any atom is 0.137 e. The molecule has 3 heteroatoms. The second-order valence-electron chi connectivity index (χ2n) is 11.7. The molecule has 3 aromatic heterocycles. The molecular weight excluding hydrogens is 548 g/mol. The van der Waals surface area contributed by atoms with Crippen molar-refractivity contribution >= 4 is 65.6 Å². The predicted molar refractivity (Wildman–Crippen MR) is 188 cm³/mol. The lowest BCUT2D eigenvalue weighted by Crippen LogP contribution is -1.99. The Bertz CT molecular complexity index is 2740. The van der Waals surface area contributed by atoms with E-state index < -0.39 is 0 Å². The van der Waals surface area contributed by atoms with Crippen LogP contribution in [0.4, 0.5) is 0 Å². The van der Waals surface area contributed by atoms with Crippen LogP contribution in [-0.2, 0) is 0 Å². The molecule has 10 aromatic rings. The fourth-order valence-electron chi connectivity index (χ4n) is 7.39. The van der Waals surface area contributed by atoms with Gasteiger partial charge in [-0.05, 0) is 53.6 Å². The van der Waals surface area contributed by atoms with Gasteiger partial charge in [-0.3, -0.25) is 0 Å². The number of aromatic nitrogens is 2. The molecule has 0 saturated carbocycles. The van der Waals surface area contributed by atoms with Crippen LogP contribution in [-0.4, -0.2) is 9.13 Å². The summed E-state index contributed by atoms with van der Waals surface area (Å²) in [7, 11) is 0. The molecule has 45 heavy (non-hydrogen) atoms. The summed E-state index contributed by atoms with van der Waals surface area (Å²) < 4.78 is 11.3. The molecule has 10 rings (SSSR count). The minimum atomic E-state index is 0.892. The molecule has 0 radical (unpaired) electrons. The first kappa shape index (κ1) is 24.4. The Morgan fingerprint density at radius 1 is 0.356 bits per heavy atom. The van der Waals surface area contributed by atoms with Crippen LogP contribution in [0.15, 0.2) is 162 Å². The lowest BCUT2D eigenvalue weighted by atomic mass is 10.1. The minimum Gasteiger partial charge on any atom is -0.456 e. The molecule has 0 fully saturated rings. The second-order valence-corrected chi connectivity index (χ2v) is 11.7. The van der Waals surface area contributed by atoms with E-state index in [-0.39, 0.29) is 0 Å². The zero-order valence-corrected chi connectivity index (χ0v) is 24.3. The fourth-order valence-corrected chi connectivity index (χ4v) is 7.39. The summed E-state index contributed by atoms with van der Waals surface area (Å²) >= 11 is 0. The van der Waals surface area contributed by atoms with Crippen molar-refractivity contribution in [2.45, 2.75) is 0 Å². The Morgan fingerprint density at radius 3 is 1.64 bits per heavy atom. The molecule has 0 bridgehead atoms. The predicted octanol–water partition coefficient (Wildman–Crippen LogP) is 11.4. The van der Waals surface area contributed by atoms with Crippen LogP contribution < -0.4 is 0 Å². The van der Waals surface area contributed by atoms with Gasteiger partial charge in [0, 0.05) is 32.6 Å². The monoisotopic (exact) mass is 574 g/mol. The molecule has 0 amide bonds. The van der Waals surface area contributed by atoms with Gasteiger partial charge < -0.3 is 13.6 Å². The number of rotatable bonds is 3. The van der Waals surface area contributed by atoms with Gasteiger partial charge in [-0.1, -0.05) is 115 Å². The molecule has 0 aliphatic carbocycles. The van der Waals surface area contributed by atoms with Crippen LogP contribution in [0.5, 0.6) is 0 Å². The van der Waals surface area contributed by atoms with E-state index in [9.17, 15) is 0 Å². The number of fused-ring (bicyclic) bond motifs is 10. The molecule has 0 N–H and O–H groups in total. The molecule has 0 unspecified atom stereocenters. The average Bonchev–Trinajstić information content (AvgIpc) is 3.76. The van der Waals surface area contributed by atoms with Crippen LogP contribution in [0.1, 0.15) is 0 Å². The fraction of sp³-hybridized carbons (Fsp3) is 0. The Hall–Kier alpha value is -6.06. The first-order valence-corrected chi connectivity index (χ1v) is 15.4. The van der Waals surface area contributed by atoms with E-state index in [1.807, 2.05) is 6.07 Å². The van der Waals surface area contributed by atoms with Crippen LogP contribution in [0.2, 0.25) is 0 Å². The molecule has 0 atom stereocenters. The summed E-state index contributed by atoms with van der Waals surface area (Å²) in [5.74, 6) is 0. The van der Waals surface area contributed by atoms with Gasteiger partial charge in [-0.15, -0.1) is 0 Å². The summed E-state index contributed by atoms with van der Waals surface area (Å²) in [6.45, 7) is 0. The molecule has 0 spiro atoms. The number of nitrogens with zero attached hydrogens (tertiary/aromatic N) is 2. The third-order valence-corrected chi connectivity index (χ3v) is 9.32. The third-order valence-electron chi connectivity index (χ3n) is 9.32. The number of hydrogen-bond donors (Lipinski definition) is 0. The quantitative estimate of drug-likeness (QED) is 0.206. The van der Waals surface area contributed by atoms with Crippen molar-refractivity contribution in [3.63, 3.8) is 0 Å². The Kier molecular flexibility index (Phi) is 5.00. The normalized spacial score (nSPS) is 12.0. The number of para-hydroxylation sites is 3. The van der Waals surface area contributed by atoms with Gasteiger partial charge in [0.15, 0.2) is 0 Å². The highest BCUT2D eigenvalue weighted by atomic mass is 16.3. The largest absolute Gasteiger partial charge is 0.456 e. The molecule has 7 aromatic carbocycles. The van der Waals surface area contributed by atoms with Crippen molar-refractivity contribution in [2.75, 3.05) is 0 Å². The third kappa shape index (κ3) is 3.41. The molecule has 0 aliphatic rings. The van der Waals surface area contributed by atoms with Crippen LogP contribution in [0.25, 0.3) is 88.1 Å². The number of furan rings is 1. The summed E-state index contributed by atoms with van der Waals surface area (Å²) in [4.78, 5) is 0. The van der Waals surface area contributed by atoms with E-state index in [1.165, 1.54) is 54.7 Å². The molecule has 0 saturated heterocycles. The van der Waals surface area contributed by atoms with Crippen molar-refractivity contribution in [1.29, 1.82) is 0 Å². The van der Waals surface area contributed by atoms with Crippen LogP contribution in [0.3, 0.4) is 0 Å². The van der Waals surface area contributed by atoms with Gasteiger partial charge in [0.25, 0.3) is 0 Å². The van der Waals surface area contributed by atoms with Gasteiger partial charge in [-0.2, -0.15) is 0 Å². The maximum atomic E-state index is 6.37. The zero-order valence-electron chi connectivity index (χ0n) is 24.3. The maximum absolute atomic E-state index is 6.37. The number of hydrogen-bond acceptors (Lipinski definition) is 1. The summed E-state index contributed by atoms with van der Waals surface area (Å²) in [6, 6.07) is 56.5. The minimum absolute atomic E-state index is 0.892. The standard InChI is InChI=1S/C42H26N2O/c1-2-11-27(12-3-1)28-21-23-29(24-22-28)43-35-16-7-4-13-30(35)32-25-26-33-31-14-5-8-17-36(31)44(42(33)41(32)43)37-18-10-20-39-40(37)34-15-6-9-19-38(34)45-39/h1-26H. The first-order valence-electron chi connectivity index (χ1n) is 15.4. The van der Waals surface area contributed by atoms with Gasteiger partial charge in [0.05, 0.1) is 33.1 Å². The van der Waals surface area contributed by atoms with Crippen molar-refractivity contribution in [3.05, 3.63) is 158 Å². The summed E-state index contributed by atoms with van der Waals surface area (Å²) in [5.41, 5.74) is 11.2. The highest BCUT2D eigenvalue weighted by Crippen LogP contribution is 2.43. The molecular formula is C42H26N2O. The van der Waals surface area contributed by atoms with Gasteiger partial charge in [-0.25, -0.2) is 0 Å². The van der Waals surface area contributed by atoms with E-state index in [0.29, 0.717) is 0 Å². The molecule has 210 valence electrons. The van der Waals surface area contributed by atoms with Crippen molar-refractivity contribution in [2.24, 2.45) is 0 Å². The highest BCUT2D eigenvalue weighted by Gasteiger charge is 2.23. The SMILES string of the molecule is c1ccc(-c2ccc(-n3c4ccccc4c4ccc5c6ccccc6n(-c6cccc7oc8ccccc8c67)c5c43)cc2)cc1. The van der Waals surface area contributed by atoms with Gasteiger partial charge in [0.2, 0.25) is 0 Å². The second kappa shape index (κ2) is 9.22. The van der Waals surface area contributed by atoms with E-state index in [0.717, 1.165) is 33.3 Å². The zero-order chi connectivity index (χ0) is 29.5. The molecule has 3 nitrogen and oxygen atoms in total. The lowest BCUT2D eigenvalue weighted by molar-refractivity contribution is 0.669. The Labute approximate surface area is 258 Å². The number of benzene rings is 7. The van der Waals surface area contributed by atoms with Crippen molar-refractivity contribution < 1.29 is 4.42 Å². The molecule has 3 heterocycles. The Morgan fingerprint density at radius 2 is 0.911 bits per heavy atom. The van der Waals surface area contributed by atoms with Gasteiger partial charge in [0.1, 0.15) is 11.2 Å². The first-order chi connectivity index (χ1) is 22.3.